The van der Waals surface area contributed by atoms with Gasteiger partial charge in [0.1, 0.15) is 23.7 Å². The van der Waals surface area contributed by atoms with E-state index in [0.717, 1.165) is 53.0 Å². The first-order valence-electron chi connectivity index (χ1n) is 15.1. The van der Waals surface area contributed by atoms with E-state index < -0.39 is 6.09 Å². The van der Waals surface area contributed by atoms with Crippen LogP contribution in [0.1, 0.15) is 43.0 Å². The summed E-state index contributed by atoms with van der Waals surface area (Å²) >= 11 is 0. The van der Waals surface area contributed by atoms with Crippen molar-refractivity contribution in [2.45, 2.75) is 45.2 Å². The number of benzene rings is 1. The van der Waals surface area contributed by atoms with E-state index in [2.05, 4.69) is 32.8 Å². The molecule has 0 radical (unpaired) electrons. The number of hydrogen-bond acceptors (Lipinski definition) is 7. The fourth-order valence-electron chi connectivity index (χ4n) is 7.05. The maximum Gasteiger partial charge on any atom is 0.412 e. The minimum atomic E-state index is -0.576. The van der Waals surface area contributed by atoms with Gasteiger partial charge in [-0.15, -0.1) is 0 Å². The zero-order chi connectivity index (χ0) is 29.8. The van der Waals surface area contributed by atoms with Gasteiger partial charge in [-0.1, -0.05) is 6.92 Å². The van der Waals surface area contributed by atoms with Gasteiger partial charge in [-0.05, 0) is 61.6 Å². The van der Waals surface area contributed by atoms with Crippen molar-refractivity contribution in [2.75, 3.05) is 39.3 Å². The number of imidazole rings is 1. The number of nitrogens with zero attached hydrogens (tertiary/aromatic N) is 5. The summed E-state index contributed by atoms with van der Waals surface area (Å²) in [6.45, 7) is 4.42. The molecule has 1 aromatic carbocycles. The highest BCUT2D eigenvalue weighted by atomic mass is 16.6. The van der Waals surface area contributed by atoms with Crippen LogP contribution in [0.3, 0.4) is 0 Å². The molecule has 4 heterocycles. The number of pyridine rings is 1. The van der Waals surface area contributed by atoms with Crippen molar-refractivity contribution in [1.82, 2.24) is 24.0 Å². The summed E-state index contributed by atoms with van der Waals surface area (Å²) < 4.78 is 20.2. The molecule has 4 aromatic rings. The van der Waals surface area contributed by atoms with Crippen LogP contribution in [-0.4, -0.2) is 76.0 Å². The molecule has 11 heteroatoms. The molecule has 2 amide bonds. The number of ether oxygens (including phenoxy) is 3. The van der Waals surface area contributed by atoms with Gasteiger partial charge in [0.05, 0.1) is 30.4 Å². The van der Waals surface area contributed by atoms with Crippen molar-refractivity contribution < 1.29 is 23.8 Å². The number of anilines is 1. The van der Waals surface area contributed by atoms with Crippen LogP contribution in [0.15, 0.2) is 30.5 Å². The number of fused-ring (bicyclic) bond motifs is 4. The minimum Gasteiger partial charge on any atom is -0.494 e. The Labute approximate surface area is 250 Å². The van der Waals surface area contributed by atoms with E-state index in [1.54, 1.807) is 20.4 Å². The van der Waals surface area contributed by atoms with Crippen molar-refractivity contribution in [3.8, 4) is 17.3 Å². The Morgan fingerprint density at radius 3 is 2.60 bits per heavy atom. The van der Waals surface area contributed by atoms with E-state index in [4.69, 9.17) is 19.2 Å². The predicted molar refractivity (Wildman–Crippen MR) is 162 cm³/mol. The number of methoxy groups -OCH3 is 2. The lowest BCUT2D eigenvalue weighted by Crippen LogP contribution is -2.38. The third-order valence-corrected chi connectivity index (χ3v) is 9.58. The van der Waals surface area contributed by atoms with Gasteiger partial charge in [0.15, 0.2) is 5.82 Å². The van der Waals surface area contributed by atoms with E-state index in [0.29, 0.717) is 47.5 Å². The van der Waals surface area contributed by atoms with Gasteiger partial charge in [0.2, 0.25) is 0 Å². The number of piperidine rings is 1. The first-order valence-corrected chi connectivity index (χ1v) is 15.1. The number of likely N-dealkylation sites (tertiary alicyclic amines) is 1. The van der Waals surface area contributed by atoms with Crippen LogP contribution in [0.4, 0.5) is 10.6 Å². The average molecular weight is 587 g/mol. The summed E-state index contributed by atoms with van der Waals surface area (Å²) in [5.41, 5.74) is 4.08. The fraction of sp³-hybridized carbons (Fsp3) is 0.500. The SMILES string of the molecule is COCCOC(=O)Nc1cc2c(cn1)cc(-c1nc3cc(C(=O)N4CC5CCC4[C@@H]5C)cc(OC)c3n1C)n2CC1CC1. The van der Waals surface area contributed by atoms with Crippen LogP contribution >= 0.6 is 0 Å². The number of amides is 2. The summed E-state index contributed by atoms with van der Waals surface area (Å²) in [5.74, 6) is 3.61. The predicted octanol–water partition coefficient (Wildman–Crippen LogP) is 5.07. The number of carbonyl (C=O) groups is 2. The van der Waals surface area contributed by atoms with Crippen molar-refractivity contribution in [2.24, 2.45) is 24.8 Å². The van der Waals surface area contributed by atoms with Crippen LogP contribution in [0.5, 0.6) is 5.75 Å². The molecule has 1 aliphatic heterocycles. The molecule has 2 unspecified atom stereocenters. The normalized spacial score (nSPS) is 21.2. The van der Waals surface area contributed by atoms with Crippen LogP contribution in [0.2, 0.25) is 0 Å². The molecule has 1 saturated heterocycles. The highest BCUT2D eigenvalue weighted by Gasteiger charge is 2.46. The molecular weight excluding hydrogens is 548 g/mol. The molecule has 3 atom stereocenters. The number of carbonyl (C=O) groups excluding carboxylic acids is 2. The molecule has 3 aromatic heterocycles. The molecule has 7 rings (SSSR count). The lowest BCUT2D eigenvalue weighted by Gasteiger charge is -2.27. The largest absolute Gasteiger partial charge is 0.494 e. The van der Waals surface area contributed by atoms with Gasteiger partial charge in [0, 0.05) is 56.5 Å². The Morgan fingerprint density at radius 2 is 1.91 bits per heavy atom. The lowest BCUT2D eigenvalue weighted by molar-refractivity contribution is 0.0695. The molecule has 0 spiro atoms. The van der Waals surface area contributed by atoms with E-state index in [1.807, 2.05) is 29.8 Å². The molecule has 3 fully saturated rings. The van der Waals surface area contributed by atoms with Crippen LogP contribution in [-0.2, 0) is 23.1 Å². The molecule has 11 nitrogen and oxygen atoms in total. The Bertz CT molecular complexity index is 1720. The maximum absolute atomic E-state index is 13.7. The van der Waals surface area contributed by atoms with E-state index in [1.165, 1.54) is 19.3 Å². The topological polar surface area (TPSA) is 113 Å². The quantitative estimate of drug-likeness (QED) is 0.272. The second-order valence-corrected chi connectivity index (χ2v) is 12.2. The highest BCUT2D eigenvalue weighted by molar-refractivity contribution is 6.00. The maximum atomic E-state index is 13.7. The molecule has 43 heavy (non-hydrogen) atoms. The lowest BCUT2D eigenvalue weighted by atomic mass is 10.0. The van der Waals surface area contributed by atoms with Gasteiger partial charge in [-0.25, -0.2) is 14.8 Å². The Balaban J connectivity index is 1.26. The molecule has 226 valence electrons. The zero-order valence-corrected chi connectivity index (χ0v) is 25.1. The molecule has 2 saturated carbocycles. The van der Waals surface area contributed by atoms with Crippen molar-refractivity contribution in [3.63, 3.8) is 0 Å². The molecule has 2 bridgehead atoms. The van der Waals surface area contributed by atoms with E-state index in [-0.39, 0.29) is 12.5 Å². The van der Waals surface area contributed by atoms with Gasteiger partial charge >= 0.3 is 6.09 Å². The summed E-state index contributed by atoms with van der Waals surface area (Å²) in [5, 5.41) is 3.67. The van der Waals surface area contributed by atoms with Crippen molar-refractivity contribution >= 4 is 39.8 Å². The first-order chi connectivity index (χ1) is 20.9. The molecule has 2 aliphatic carbocycles. The Hall–Kier alpha value is -4.12. The van der Waals surface area contributed by atoms with E-state index in [9.17, 15) is 9.59 Å². The number of rotatable bonds is 9. The monoisotopic (exact) mass is 586 g/mol. The standard InChI is InChI=1S/C32H38N6O5/c1-18-20-7-8-24(18)38(17-20)31(39)21-11-23-29(27(13-21)42-4)36(2)30(34-23)26-12-22-15-33-28(35-32(40)43-10-9-41-3)14-25(22)37(26)16-19-5-6-19/h11-15,18-20,24H,5-10,16-17H2,1-4H3,(H,33,35,40)/t18-,20?,24?/m1/s1. The number of aromatic nitrogens is 4. The number of aryl methyl sites for hydroxylation is 1. The second-order valence-electron chi connectivity index (χ2n) is 12.2. The summed E-state index contributed by atoms with van der Waals surface area (Å²) in [6.07, 6.45) is 5.84. The average Bonchev–Trinajstić information content (AvgIpc) is 3.41. The Kier molecular flexibility index (Phi) is 6.99. The number of nitrogens with one attached hydrogen (secondary N) is 1. The molecule has 3 aliphatic rings. The smallest absolute Gasteiger partial charge is 0.412 e. The first kappa shape index (κ1) is 27.7. The van der Waals surface area contributed by atoms with Crippen LogP contribution in [0.25, 0.3) is 33.5 Å². The highest BCUT2D eigenvalue weighted by Crippen LogP contribution is 2.44. The van der Waals surface area contributed by atoms with Gasteiger partial charge in [-0.3, -0.25) is 10.1 Å². The Morgan fingerprint density at radius 1 is 1.07 bits per heavy atom. The third-order valence-electron chi connectivity index (χ3n) is 9.58. The third kappa shape index (κ3) is 4.89. The van der Waals surface area contributed by atoms with Crippen LogP contribution in [0, 0.1) is 17.8 Å². The van der Waals surface area contributed by atoms with Crippen molar-refractivity contribution in [1.29, 1.82) is 0 Å². The summed E-state index contributed by atoms with van der Waals surface area (Å²) in [4.78, 5) is 37.6. The van der Waals surface area contributed by atoms with Crippen LogP contribution < -0.4 is 10.1 Å². The molecular formula is C32H38N6O5. The summed E-state index contributed by atoms with van der Waals surface area (Å²) in [6, 6.07) is 8.06. The number of hydrogen-bond donors (Lipinski definition) is 1. The summed E-state index contributed by atoms with van der Waals surface area (Å²) in [7, 11) is 5.18. The fourth-order valence-corrected chi connectivity index (χ4v) is 7.05. The molecule has 1 N–H and O–H groups in total. The minimum absolute atomic E-state index is 0.0566. The van der Waals surface area contributed by atoms with Gasteiger partial charge in [-0.2, -0.15) is 0 Å². The van der Waals surface area contributed by atoms with Gasteiger partial charge < -0.3 is 28.2 Å². The van der Waals surface area contributed by atoms with E-state index >= 15 is 0 Å². The second kappa shape index (κ2) is 10.9. The zero-order valence-electron chi connectivity index (χ0n) is 25.1. The van der Waals surface area contributed by atoms with Gasteiger partial charge in [0.25, 0.3) is 5.91 Å². The van der Waals surface area contributed by atoms with Crippen molar-refractivity contribution in [3.05, 3.63) is 36.0 Å².